The zero-order valence-corrected chi connectivity index (χ0v) is 29.6. The molecule has 0 N–H and O–H groups in total. The van der Waals surface area contributed by atoms with Gasteiger partial charge in [-0.2, -0.15) is 0 Å². The average molecular weight is 663 g/mol. The molecular formula is C35H59ClN6O2S. The zero-order valence-electron chi connectivity index (χ0n) is 28.0. The minimum Gasteiger partial charge on any atom is -1.00 e. The fourth-order valence-corrected chi connectivity index (χ4v) is 8.09. The fourth-order valence-electron chi connectivity index (χ4n) is 7.31. The first-order chi connectivity index (χ1) is 21.7. The Labute approximate surface area is 283 Å². The van der Waals surface area contributed by atoms with Gasteiger partial charge in [-0.3, -0.25) is 4.48 Å². The maximum absolute atomic E-state index is 6.06. The first-order valence-corrected chi connectivity index (χ1v) is 18.9. The highest BCUT2D eigenvalue weighted by molar-refractivity contribution is 7.99. The Morgan fingerprint density at radius 2 is 1.27 bits per heavy atom. The summed E-state index contributed by atoms with van der Waals surface area (Å²) in [5.41, 5.74) is 1.42. The summed E-state index contributed by atoms with van der Waals surface area (Å²) in [5.74, 6) is 2.92. The maximum atomic E-state index is 6.06. The Bertz CT molecular complexity index is 1040. The van der Waals surface area contributed by atoms with Crippen LogP contribution in [-0.2, 0) is 13.0 Å². The van der Waals surface area contributed by atoms with Crippen LogP contribution in [0.1, 0.15) is 121 Å². The lowest BCUT2D eigenvalue weighted by Crippen LogP contribution is -3.00. The fraction of sp³-hybridized carbons (Fsp3) is 0.771. The number of thioether (sulfide) groups is 1. The number of rotatable bonds is 24. The molecule has 1 aromatic carbocycles. The van der Waals surface area contributed by atoms with E-state index in [-0.39, 0.29) is 12.4 Å². The van der Waals surface area contributed by atoms with Gasteiger partial charge >= 0.3 is 0 Å². The molecule has 0 aliphatic carbocycles. The van der Waals surface area contributed by atoms with Crippen LogP contribution < -0.4 is 17.1 Å². The second-order valence-electron chi connectivity index (χ2n) is 13.7. The van der Waals surface area contributed by atoms with Crippen LogP contribution in [0.5, 0.6) is 5.75 Å². The molecule has 6 rings (SSSR count). The molecule has 2 aromatic rings. The van der Waals surface area contributed by atoms with Crippen LogP contribution in [0.4, 0.5) is 0 Å². The van der Waals surface area contributed by atoms with Gasteiger partial charge in [0.1, 0.15) is 32.3 Å². The van der Waals surface area contributed by atoms with Gasteiger partial charge in [0.2, 0.25) is 5.89 Å². The van der Waals surface area contributed by atoms with Crippen molar-refractivity contribution in [1.82, 2.24) is 24.9 Å². The van der Waals surface area contributed by atoms with Gasteiger partial charge < -0.3 is 21.6 Å². The first kappa shape index (κ1) is 36.5. The van der Waals surface area contributed by atoms with Crippen LogP contribution in [0, 0.1) is 0 Å². The van der Waals surface area contributed by atoms with Crippen molar-refractivity contribution in [3.05, 3.63) is 35.7 Å². The Morgan fingerprint density at radius 3 is 1.89 bits per heavy atom. The second kappa shape index (κ2) is 20.1. The predicted octanol–water partition coefficient (Wildman–Crippen LogP) is 5.06. The molecule has 0 saturated carbocycles. The van der Waals surface area contributed by atoms with Crippen LogP contribution in [-0.4, -0.2) is 81.8 Å². The number of hydrogen-bond acceptors (Lipinski definition) is 8. The lowest BCUT2D eigenvalue weighted by molar-refractivity contribution is -0.991. The molecule has 0 unspecified atom stereocenters. The molecule has 0 atom stereocenters. The third-order valence-corrected chi connectivity index (χ3v) is 10.3. The smallest absolute Gasteiger partial charge is 0.276 e. The third-order valence-electron chi connectivity index (χ3n) is 9.37. The Kier molecular flexibility index (Phi) is 16.3. The van der Waals surface area contributed by atoms with Crippen molar-refractivity contribution in [2.45, 2.75) is 128 Å². The highest BCUT2D eigenvalue weighted by atomic mass is 35.5. The first-order valence-electron chi connectivity index (χ1n) is 17.9. The minimum atomic E-state index is 0. The molecule has 8 nitrogen and oxygen atoms in total. The van der Waals surface area contributed by atoms with Crippen molar-refractivity contribution in [2.75, 3.05) is 52.4 Å². The van der Waals surface area contributed by atoms with Crippen LogP contribution in [0.25, 0.3) is 0 Å². The molecule has 5 heterocycles. The number of aryl methyl sites for hydroxylation is 1. The zero-order chi connectivity index (χ0) is 30.3. The quantitative estimate of drug-likeness (QED) is 0.0879. The van der Waals surface area contributed by atoms with E-state index in [0.29, 0.717) is 0 Å². The van der Waals surface area contributed by atoms with Crippen molar-refractivity contribution in [1.29, 1.82) is 0 Å². The van der Waals surface area contributed by atoms with Gasteiger partial charge in [-0.1, -0.05) is 102 Å². The van der Waals surface area contributed by atoms with Gasteiger partial charge in [0.25, 0.3) is 5.22 Å². The van der Waals surface area contributed by atoms with Crippen LogP contribution in [0.15, 0.2) is 33.9 Å². The SMILES string of the molecule is CCCCCCCCCCSc1nnc(CCCCCCCCCCOc2ccc(C[N+]34CN5CN(CN(C5)C3)C4)cc2)o1.[Cl-]. The summed E-state index contributed by atoms with van der Waals surface area (Å²) in [4.78, 5) is 7.75. The van der Waals surface area contributed by atoms with Crippen LogP contribution >= 0.6 is 11.8 Å². The number of unbranched alkanes of at least 4 members (excludes halogenated alkanes) is 14. The standard InChI is InChI=1S/C35H59N6O2S.ClH/c1-2-3-4-5-6-11-14-17-24-44-35-37-36-34(43-35)18-15-12-9-7-8-10-13-16-23-42-33-21-19-32(20-22-33)25-41-29-38-26-39(30-41)28-40(27-38)31-41;/h19-22H,2-18,23-31H2,1H3;1H/q+1;/p-1. The lowest BCUT2D eigenvalue weighted by Gasteiger charge is -2.60. The van der Waals surface area contributed by atoms with E-state index in [1.807, 2.05) is 0 Å². The molecule has 10 heteroatoms. The highest BCUT2D eigenvalue weighted by Gasteiger charge is 2.48. The van der Waals surface area contributed by atoms with E-state index in [1.165, 1.54) is 115 Å². The molecule has 0 spiro atoms. The van der Waals surface area contributed by atoms with Gasteiger partial charge in [0, 0.05) is 17.7 Å². The second-order valence-corrected chi connectivity index (χ2v) is 14.8. The van der Waals surface area contributed by atoms with E-state index in [2.05, 4.69) is 56.1 Å². The predicted molar refractivity (Wildman–Crippen MR) is 179 cm³/mol. The summed E-state index contributed by atoms with van der Waals surface area (Å²) in [7, 11) is 0. The number of aromatic nitrogens is 2. The van der Waals surface area contributed by atoms with E-state index < -0.39 is 0 Å². The van der Waals surface area contributed by atoms with Crippen LogP contribution in [0.3, 0.4) is 0 Å². The van der Waals surface area contributed by atoms with Gasteiger partial charge in [-0.15, -0.1) is 10.2 Å². The normalized spacial score (nSPS) is 23.4. The van der Waals surface area contributed by atoms with Crippen molar-refractivity contribution < 1.29 is 26.0 Å². The number of ether oxygens (including phenoxy) is 1. The summed E-state index contributed by atoms with van der Waals surface area (Å²) in [6.07, 6.45) is 21.8. The molecular weight excluding hydrogens is 604 g/mol. The molecule has 4 aliphatic rings. The molecule has 0 radical (unpaired) electrons. The number of halogens is 1. The summed E-state index contributed by atoms with van der Waals surface area (Å²) in [6.45, 7) is 11.2. The van der Waals surface area contributed by atoms with Crippen molar-refractivity contribution in [2.24, 2.45) is 0 Å². The number of hydrogen-bond donors (Lipinski definition) is 0. The molecule has 254 valence electrons. The molecule has 1 aromatic heterocycles. The van der Waals surface area contributed by atoms with E-state index in [9.17, 15) is 0 Å². The van der Waals surface area contributed by atoms with Gasteiger partial charge in [0.05, 0.1) is 26.6 Å². The molecule has 4 aliphatic heterocycles. The van der Waals surface area contributed by atoms with Crippen molar-refractivity contribution in [3.63, 3.8) is 0 Å². The largest absolute Gasteiger partial charge is 1.00 e. The Balaban J connectivity index is 0.00000461. The topological polar surface area (TPSA) is 57.9 Å². The number of quaternary nitrogens is 1. The molecule has 4 saturated heterocycles. The van der Waals surface area contributed by atoms with Gasteiger partial charge in [0.15, 0.2) is 0 Å². The maximum Gasteiger partial charge on any atom is 0.276 e. The Morgan fingerprint density at radius 1 is 0.711 bits per heavy atom. The van der Waals surface area contributed by atoms with Crippen LogP contribution in [0.2, 0.25) is 0 Å². The Hall–Kier alpha value is -1.36. The average Bonchev–Trinajstić information content (AvgIpc) is 3.46. The van der Waals surface area contributed by atoms with E-state index >= 15 is 0 Å². The number of nitrogens with zero attached hydrogens (tertiary/aromatic N) is 6. The van der Waals surface area contributed by atoms with Crippen molar-refractivity contribution >= 4 is 11.8 Å². The van der Waals surface area contributed by atoms with Gasteiger partial charge in [-0.25, -0.2) is 14.7 Å². The minimum absolute atomic E-state index is 0. The monoisotopic (exact) mass is 662 g/mol. The highest BCUT2D eigenvalue weighted by Crippen LogP contribution is 2.31. The summed E-state index contributed by atoms with van der Waals surface area (Å²) < 4.78 is 13.1. The summed E-state index contributed by atoms with van der Waals surface area (Å²) in [6, 6.07) is 8.90. The molecule has 4 bridgehead atoms. The van der Waals surface area contributed by atoms with Gasteiger partial charge in [-0.05, 0) is 43.5 Å². The summed E-state index contributed by atoms with van der Waals surface area (Å²) >= 11 is 1.73. The van der Waals surface area contributed by atoms with Crippen molar-refractivity contribution in [3.8, 4) is 5.75 Å². The van der Waals surface area contributed by atoms with E-state index in [1.54, 1.807) is 11.8 Å². The summed E-state index contributed by atoms with van der Waals surface area (Å²) in [5, 5.41) is 9.25. The molecule has 45 heavy (non-hydrogen) atoms. The molecule has 4 fully saturated rings. The number of benzene rings is 1. The third kappa shape index (κ3) is 12.6. The lowest BCUT2D eigenvalue weighted by atomic mass is 10.1. The molecule has 0 amide bonds. The van der Waals surface area contributed by atoms with E-state index in [0.717, 1.165) is 79.5 Å². The van der Waals surface area contributed by atoms with E-state index in [4.69, 9.17) is 9.15 Å².